The van der Waals surface area contributed by atoms with Gasteiger partial charge in [0.05, 0.1) is 30.9 Å². The van der Waals surface area contributed by atoms with Gasteiger partial charge in [-0.15, -0.1) is 11.8 Å². The maximum absolute atomic E-state index is 11.7. The van der Waals surface area contributed by atoms with E-state index in [4.69, 9.17) is 5.26 Å². The molecule has 0 fully saturated rings. The molecule has 20 heavy (non-hydrogen) atoms. The van der Waals surface area contributed by atoms with Crippen molar-refractivity contribution in [3.05, 3.63) is 29.8 Å². The maximum atomic E-state index is 11.7. The van der Waals surface area contributed by atoms with Crippen molar-refractivity contribution in [1.29, 1.82) is 5.26 Å². The molecule has 6 heteroatoms. The summed E-state index contributed by atoms with van der Waals surface area (Å²) in [5, 5.41) is 11.4. The first-order chi connectivity index (χ1) is 9.55. The van der Waals surface area contributed by atoms with Gasteiger partial charge in [-0.05, 0) is 24.3 Å². The Morgan fingerprint density at radius 3 is 2.60 bits per heavy atom. The molecule has 5 nitrogen and oxygen atoms in total. The van der Waals surface area contributed by atoms with Crippen LogP contribution in [0.4, 0.5) is 5.69 Å². The molecule has 0 heterocycles. The summed E-state index contributed by atoms with van der Waals surface area (Å²) in [5.41, 5.74) is 1.19. The van der Waals surface area contributed by atoms with Crippen LogP contribution in [-0.4, -0.2) is 30.0 Å². The molecule has 1 unspecified atom stereocenters. The van der Waals surface area contributed by atoms with E-state index in [0.29, 0.717) is 11.3 Å². The third-order valence-corrected chi connectivity index (χ3v) is 3.64. The fraction of sp³-hybridized carbons (Fsp3) is 0.357. The predicted molar refractivity (Wildman–Crippen MR) is 78.3 cm³/mol. The molecule has 0 aliphatic heterocycles. The molecule has 0 spiro atoms. The van der Waals surface area contributed by atoms with Crippen LogP contribution in [0.25, 0.3) is 0 Å². The summed E-state index contributed by atoms with van der Waals surface area (Å²) in [7, 11) is 1.34. The molecule has 1 amide bonds. The number of amides is 1. The zero-order valence-electron chi connectivity index (χ0n) is 11.4. The number of nitriles is 1. The number of ether oxygens (including phenoxy) is 1. The lowest BCUT2D eigenvalue weighted by molar-refractivity contribution is -0.140. The minimum atomic E-state index is -0.280. The summed E-state index contributed by atoms with van der Waals surface area (Å²) in [6.45, 7) is 1.87. The monoisotopic (exact) mass is 292 g/mol. The lowest BCUT2D eigenvalue weighted by atomic mass is 10.2. The van der Waals surface area contributed by atoms with Crippen LogP contribution in [0.15, 0.2) is 24.3 Å². The van der Waals surface area contributed by atoms with Gasteiger partial charge in [-0.2, -0.15) is 5.26 Å². The number of methoxy groups -OCH3 is 1. The number of carbonyl (C=O) groups excluding carboxylic acids is 2. The largest absolute Gasteiger partial charge is 0.469 e. The van der Waals surface area contributed by atoms with Gasteiger partial charge in [-0.3, -0.25) is 9.59 Å². The molecule has 0 aromatic heterocycles. The summed E-state index contributed by atoms with van der Waals surface area (Å²) in [4.78, 5) is 22.8. The van der Waals surface area contributed by atoms with Crippen molar-refractivity contribution < 1.29 is 14.3 Å². The second kappa shape index (κ2) is 8.23. The summed E-state index contributed by atoms with van der Waals surface area (Å²) >= 11 is 1.39. The van der Waals surface area contributed by atoms with E-state index in [1.165, 1.54) is 18.9 Å². The van der Waals surface area contributed by atoms with Crippen molar-refractivity contribution >= 4 is 29.3 Å². The third kappa shape index (κ3) is 5.76. The Balaban J connectivity index is 2.36. The van der Waals surface area contributed by atoms with Gasteiger partial charge in [0.1, 0.15) is 0 Å². The molecule has 1 atom stereocenters. The van der Waals surface area contributed by atoms with Crippen LogP contribution in [-0.2, 0) is 14.3 Å². The molecule has 0 saturated heterocycles. The van der Waals surface area contributed by atoms with Gasteiger partial charge in [-0.1, -0.05) is 6.92 Å². The Morgan fingerprint density at radius 1 is 1.40 bits per heavy atom. The maximum Gasteiger partial charge on any atom is 0.306 e. The van der Waals surface area contributed by atoms with Crippen LogP contribution in [0.1, 0.15) is 18.9 Å². The average molecular weight is 292 g/mol. The third-order valence-electron chi connectivity index (χ3n) is 2.48. The Bertz CT molecular complexity index is 508. The molecule has 0 saturated carbocycles. The summed E-state index contributed by atoms with van der Waals surface area (Å²) in [6.07, 6.45) is 0.283. The van der Waals surface area contributed by atoms with Crippen molar-refractivity contribution in [3.8, 4) is 6.07 Å². The fourth-order valence-electron chi connectivity index (χ4n) is 1.42. The number of hydrogen-bond donors (Lipinski definition) is 1. The molecular formula is C14H16N2O3S. The molecule has 0 aliphatic rings. The van der Waals surface area contributed by atoms with Crippen LogP contribution in [0, 0.1) is 11.3 Å². The molecule has 1 aromatic rings. The van der Waals surface area contributed by atoms with Crippen LogP contribution in [0.3, 0.4) is 0 Å². The number of hydrogen-bond acceptors (Lipinski definition) is 5. The lowest BCUT2D eigenvalue weighted by Gasteiger charge is -2.10. The van der Waals surface area contributed by atoms with Gasteiger partial charge in [0.2, 0.25) is 5.91 Å². The molecular weight excluding hydrogens is 276 g/mol. The Labute approximate surface area is 122 Å². The zero-order valence-corrected chi connectivity index (χ0v) is 12.2. The number of nitrogens with zero attached hydrogens (tertiary/aromatic N) is 1. The van der Waals surface area contributed by atoms with Gasteiger partial charge in [0, 0.05) is 10.9 Å². The van der Waals surface area contributed by atoms with Gasteiger partial charge < -0.3 is 10.1 Å². The molecule has 1 rings (SSSR count). The lowest BCUT2D eigenvalue weighted by Crippen LogP contribution is -2.17. The highest BCUT2D eigenvalue weighted by Crippen LogP contribution is 2.15. The number of carbonyl (C=O) groups is 2. The smallest absolute Gasteiger partial charge is 0.306 e. The summed E-state index contributed by atoms with van der Waals surface area (Å²) in [6, 6.07) is 8.65. The van der Waals surface area contributed by atoms with E-state index in [1.807, 2.05) is 13.0 Å². The van der Waals surface area contributed by atoms with Crippen molar-refractivity contribution in [1.82, 2.24) is 0 Å². The van der Waals surface area contributed by atoms with Gasteiger partial charge >= 0.3 is 5.97 Å². The second-order valence-corrected chi connectivity index (χ2v) is 5.57. The number of anilines is 1. The van der Waals surface area contributed by atoms with Crippen molar-refractivity contribution in [2.24, 2.45) is 0 Å². The highest BCUT2D eigenvalue weighted by atomic mass is 32.2. The standard InChI is InChI=1S/C14H16N2O3S/c1-10(7-14(18)19-2)20-9-13(17)16-12-5-3-11(8-15)4-6-12/h3-6,10H,7,9H2,1-2H3,(H,16,17). The van der Waals surface area contributed by atoms with Crippen LogP contribution in [0.2, 0.25) is 0 Å². The second-order valence-electron chi connectivity index (χ2n) is 4.14. The summed E-state index contributed by atoms with van der Waals surface area (Å²) < 4.78 is 4.57. The minimum absolute atomic E-state index is 0.0224. The van der Waals surface area contributed by atoms with Gasteiger partial charge in [0.15, 0.2) is 0 Å². The first-order valence-corrected chi connectivity index (χ1v) is 7.08. The van der Waals surface area contributed by atoms with Crippen LogP contribution < -0.4 is 5.32 Å². The van der Waals surface area contributed by atoms with E-state index in [9.17, 15) is 9.59 Å². The van der Waals surface area contributed by atoms with E-state index in [0.717, 1.165) is 0 Å². The van der Waals surface area contributed by atoms with Crippen LogP contribution >= 0.6 is 11.8 Å². The quantitative estimate of drug-likeness (QED) is 0.813. The molecule has 1 N–H and O–H groups in total. The summed E-state index contributed by atoms with van der Waals surface area (Å²) in [5.74, 6) is -0.160. The Kier molecular flexibility index (Phi) is 6.60. The normalized spacial score (nSPS) is 11.2. The SMILES string of the molecule is COC(=O)CC(C)SCC(=O)Nc1ccc(C#N)cc1. The van der Waals surface area contributed by atoms with E-state index in [-0.39, 0.29) is 29.3 Å². The topological polar surface area (TPSA) is 79.2 Å². The van der Waals surface area contributed by atoms with E-state index in [2.05, 4.69) is 10.1 Å². The number of rotatable bonds is 6. The van der Waals surface area contributed by atoms with Crippen molar-refractivity contribution in [3.63, 3.8) is 0 Å². The Hall–Kier alpha value is -2.00. The highest BCUT2D eigenvalue weighted by molar-refractivity contribution is 8.00. The molecule has 0 radical (unpaired) electrons. The molecule has 106 valence electrons. The van der Waals surface area contributed by atoms with E-state index in [1.54, 1.807) is 24.3 Å². The number of thioether (sulfide) groups is 1. The van der Waals surface area contributed by atoms with Crippen LogP contribution in [0.5, 0.6) is 0 Å². The average Bonchev–Trinajstić information content (AvgIpc) is 2.45. The highest BCUT2D eigenvalue weighted by Gasteiger charge is 2.12. The van der Waals surface area contributed by atoms with Gasteiger partial charge in [0.25, 0.3) is 0 Å². The molecule has 0 aliphatic carbocycles. The van der Waals surface area contributed by atoms with Crippen molar-refractivity contribution in [2.75, 3.05) is 18.2 Å². The molecule has 0 bridgehead atoms. The fourth-order valence-corrected chi connectivity index (χ4v) is 2.18. The number of benzene rings is 1. The zero-order chi connectivity index (χ0) is 15.0. The van der Waals surface area contributed by atoms with Crippen molar-refractivity contribution in [2.45, 2.75) is 18.6 Å². The first-order valence-electron chi connectivity index (χ1n) is 6.03. The minimum Gasteiger partial charge on any atom is -0.469 e. The van der Waals surface area contributed by atoms with Gasteiger partial charge in [-0.25, -0.2) is 0 Å². The number of esters is 1. The van der Waals surface area contributed by atoms with E-state index < -0.39 is 0 Å². The first kappa shape index (κ1) is 16.1. The van der Waals surface area contributed by atoms with E-state index >= 15 is 0 Å². The molecule has 1 aromatic carbocycles. The number of nitrogens with one attached hydrogen (secondary N) is 1. The predicted octanol–water partition coefficient (Wildman–Crippen LogP) is 2.18. The Morgan fingerprint density at radius 2 is 2.05 bits per heavy atom.